The van der Waals surface area contributed by atoms with Gasteiger partial charge in [0.05, 0.1) is 16.2 Å². The van der Waals surface area contributed by atoms with Gasteiger partial charge in [0, 0.05) is 24.2 Å². The van der Waals surface area contributed by atoms with Crippen LogP contribution in [0.5, 0.6) is 0 Å². The first-order valence-corrected chi connectivity index (χ1v) is 18.2. The van der Waals surface area contributed by atoms with Gasteiger partial charge in [-0.25, -0.2) is 13.2 Å². The number of sulfone groups is 1. The van der Waals surface area contributed by atoms with Crippen molar-refractivity contribution >= 4 is 39.4 Å². The van der Waals surface area contributed by atoms with Crippen molar-refractivity contribution in [3.05, 3.63) is 55.1 Å². The fraction of sp³-hybridized carbons (Fsp3) is 0.528. The van der Waals surface area contributed by atoms with E-state index in [1.807, 2.05) is 0 Å². The van der Waals surface area contributed by atoms with Gasteiger partial charge in [0.25, 0.3) is 5.91 Å². The van der Waals surface area contributed by atoms with Crippen molar-refractivity contribution in [1.29, 1.82) is 0 Å². The lowest BCUT2D eigenvalue weighted by Crippen LogP contribution is -2.60. The number of terminal acetylenes is 1. The molecule has 1 saturated carbocycles. The Kier molecular flexibility index (Phi) is 13.8. The van der Waals surface area contributed by atoms with Gasteiger partial charge in [0.2, 0.25) is 17.6 Å². The highest BCUT2D eigenvalue weighted by Gasteiger charge is 2.48. The predicted octanol–water partition coefficient (Wildman–Crippen LogP) is 2.78. The molecule has 1 heterocycles. The molecule has 4 N–H and O–H groups in total. The number of rotatable bonds is 14. The number of nitrogens with one attached hydrogen (secondary N) is 4. The number of carbonyl (C=O) groups excluding carboxylic acids is 5. The summed E-state index contributed by atoms with van der Waals surface area (Å²) in [5.74, 6) is -0.981. The van der Waals surface area contributed by atoms with E-state index in [0.29, 0.717) is 24.8 Å². The van der Waals surface area contributed by atoms with Gasteiger partial charge in [0.15, 0.2) is 9.84 Å². The highest BCUT2D eigenvalue weighted by Crippen LogP contribution is 2.33. The molecule has 266 valence electrons. The molecule has 2 fully saturated rings. The number of amides is 5. The lowest BCUT2D eigenvalue weighted by atomic mass is 9.83. The molecule has 1 aliphatic heterocycles. The van der Waals surface area contributed by atoms with Crippen molar-refractivity contribution in [1.82, 2.24) is 26.2 Å². The molecule has 1 saturated heterocycles. The summed E-state index contributed by atoms with van der Waals surface area (Å²) in [6.07, 6.45) is 12.5. The molecule has 12 nitrogen and oxygen atoms in total. The maximum absolute atomic E-state index is 14.5. The Bertz CT molecular complexity index is 1550. The molecule has 1 aromatic carbocycles. The van der Waals surface area contributed by atoms with Crippen LogP contribution in [-0.4, -0.2) is 84.9 Å². The Labute approximate surface area is 289 Å². The summed E-state index contributed by atoms with van der Waals surface area (Å²) >= 11 is 0. The van der Waals surface area contributed by atoms with E-state index in [2.05, 4.69) is 40.3 Å². The molecule has 13 heteroatoms. The van der Waals surface area contributed by atoms with Crippen LogP contribution < -0.4 is 21.3 Å². The Hall–Kier alpha value is -4.44. The molecular formula is C36H49N5O7S. The first-order chi connectivity index (χ1) is 23.1. The van der Waals surface area contributed by atoms with Crippen LogP contribution in [0.15, 0.2) is 54.5 Å². The normalized spacial score (nSPS) is 19.4. The number of benzene rings is 1. The summed E-state index contributed by atoms with van der Waals surface area (Å²) in [6, 6.07) is 1.61. The van der Waals surface area contributed by atoms with Crippen LogP contribution in [0.2, 0.25) is 0 Å². The van der Waals surface area contributed by atoms with Crippen molar-refractivity contribution in [3.8, 4) is 12.3 Å². The molecule has 1 aromatic rings. The van der Waals surface area contributed by atoms with E-state index in [4.69, 9.17) is 6.42 Å². The standard InChI is InChI=1S/C36H49N5O7S/c1-7-10-16-28(31(42)33(44)37-21-8-2)38-32(43)29-22-27(49(47,48)26-19-17-24(9-3)18-20-26)23-41(29)34(45)30(25-14-12-11-13-15-25)39-35(46)40-36(4,5)6/h3,7-8,17-20,25,27-30H,1-2,10-16,21-23H2,4-6H3,(H,37,44)(H,38,43)(H2,39,40,46)/t27?,28?,29?,30-/m0/s1. The molecule has 0 spiro atoms. The second-order valence-corrected chi connectivity index (χ2v) is 15.8. The van der Waals surface area contributed by atoms with Gasteiger partial charge in [0.1, 0.15) is 12.1 Å². The predicted molar refractivity (Wildman–Crippen MR) is 187 cm³/mol. The summed E-state index contributed by atoms with van der Waals surface area (Å²) in [5, 5.41) is 9.50. The van der Waals surface area contributed by atoms with E-state index in [1.165, 1.54) is 41.3 Å². The van der Waals surface area contributed by atoms with Crippen LogP contribution in [0.25, 0.3) is 0 Å². The summed E-state index contributed by atoms with van der Waals surface area (Å²) in [7, 11) is -4.07. The lowest BCUT2D eigenvalue weighted by molar-refractivity contribution is -0.143. The minimum atomic E-state index is -4.07. The van der Waals surface area contributed by atoms with Gasteiger partial charge in [-0.05, 0) is 83.1 Å². The zero-order chi connectivity index (χ0) is 36.4. The molecule has 0 radical (unpaired) electrons. The topological polar surface area (TPSA) is 171 Å². The second-order valence-electron chi connectivity index (χ2n) is 13.6. The van der Waals surface area contributed by atoms with Crippen LogP contribution in [0, 0.1) is 18.3 Å². The van der Waals surface area contributed by atoms with Gasteiger partial charge >= 0.3 is 6.03 Å². The molecule has 4 atom stereocenters. The smallest absolute Gasteiger partial charge is 0.315 e. The number of allylic oxidation sites excluding steroid dienone is 1. The third-order valence-corrected chi connectivity index (χ3v) is 10.9. The lowest BCUT2D eigenvalue weighted by Gasteiger charge is -2.35. The van der Waals surface area contributed by atoms with Crippen molar-refractivity contribution in [2.75, 3.05) is 13.1 Å². The molecule has 1 aliphatic carbocycles. The maximum atomic E-state index is 14.5. The van der Waals surface area contributed by atoms with Gasteiger partial charge in [-0.15, -0.1) is 19.6 Å². The van der Waals surface area contributed by atoms with Crippen molar-refractivity contribution in [3.63, 3.8) is 0 Å². The van der Waals surface area contributed by atoms with Crippen LogP contribution in [0.4, 0.5) is 4.79 Å². The number of nitrogens with zero attached hydrogens (tertiary/aromatic N) is 1. The van der Waals surface area contributed by atoms with Crippen LogP contribution in [-0.2, 0) is 29.0 Å². The Morgan fingerprint density at radius 1 is 1.02 bits per heavy atom. The Morgan fingerprint density at radius 2 is 1.67 bits per heavy atom. The third-order valence-electron chi connectivity index (χ3n) is 8.72. The summed E-state index contributed by atoms with van der Waals surface area (Å²) in [6.45, 7) is 12.3. The number of ketones is 1. The molecular weight excluding hydrogens is 646 g/mol. The third kappa shape index (κ3) is 10.5. The van der Waals surface area contributed by atoms with E-state index in [9.17, 15) is 32.4 Å². The zero-order valence-electron chi connectivity index (χ0n) is 28.6. The van der Waals surface area contributed by atoms with Gasteiger partial charge in [-0.1, -0.05) is 37.3 Å². The van der Waals surface area contributed by atoms with E-state index in [1.54, 1.807) is 20.8 Å². The Morgan fingerprint density at radius 3 is 2.24 bits per heavy atom. The number of Topliss-reactive ketones (excluding diaryl/α,β-unsaturated/α-hetero) is 1. The van der Waals surface area contributed by atoms with Crippen LogP contribution in [0.3, 0.4) is 0 Å². The average molecular weight is 696 g/mol. The number of hydrogen-bond donors (Lipinski definition) is 4. The largest absolute Gasteiger partial charge is 0.346 e. The zero-order valence-corrected chi connectivity index (χ0v) is 29.4. The minimum absolute atomic E-state index is 0.0191. The van der Waals surface area contributed by atoms with Crippen molar-refractivity contribution in [2.45, 2.75) is 106 Å². The first-order valence-electron chi connectivity index (χ1n) is 16.7. The molecule has 5 amide bonds. The Balaban J connectivity index is 2.01. The van der Waals surface area contributed by atoms with Gasteiger partial charge < -0.3 is 26.2 Å². The van der Waals surface area contributed by atoms with Gasteiger partial charge in [-0.3, -0.25) is 19.2 Å². The molecule has 0 aromatic heterocycles. The molecule has 49 heavy (non-hydrogen) atoms. The molecule has 0 bridgehead atoms. The van der Waals surface area contributed by atoms with Crippen LogP contribution in [0.1, 0.15) is 77.7 Å². The van der Waals surface area contributed by atoms with E-state index < -0.39 is 68.3 Å². The van der Waals surface area contributed by atoms with Gasteiger partial charge in [-0.2, -0.15) is 0 Å². The van der Waals surface area contributed by atoms with E-state index in [-0.39, 0.29) is 36.7 Å². The highest BCUT2D eigenvalue weighted by atomic mass is 32.2. The molecule has 3 unspecified atom stereocenters. The van der Waals surface area contributed by atoms with Crippen molar-refractivity contribution in [2.24, 2.45) is 5.92 Å². The maximum Gasteiger partial charge on any atom is 0.315 e. The quantitative estimate of drug-likeness (QED) is 0.132. The molecule has 3 rings (SSSR count). The average Bonchev–Trinajstić information content (AvgIpc) is 3.54. The summed E-state index contributed by atoms with van der Waals surface area (Å²) in [5.41, 5.74) is -0.110. The minimum Gasteiger partial charge on any atom is -0.346 e. The first kappa shape index (κ1) is 39.0. The SMILES string of the molecule is C#Cc1ccc(S(=O)(=O)C2CC(C(=O)NC(CCC=C)C(=O)C(=O)NCC=C)N(C(=O)[C@@H](NC(=O)NC(C)(C)C)C3CCCCC3)C2)cc1. The summed E-state index contributed by atoms with van der Waals surface area (Å²) < 4.78 is 27.8. The fourth-order valence-electron chi connectivity index (χ4n) is 6.22. The van der Waals surface area contributed by atoms with Crippen LogP contribution >= 0.6 is 0 Å². The monoisotopic (exact) mass is 695 g/mol. The second kappa shape index (κ2) is 17.3. The number of urea groups is 1. The van der Waals surface area contributed by atoms with E-state index >= 15 is 0 Å². The fourth-order valence-corrected chi connectivity index (χ4v) is 7.92. The highest BCUT2D eigenvalue weighted by molar-refractivity contribution is 7.92. The molecule has 2 aliphatic rings. The number of hydrogen-bond acceptors (Lipinski definition) is 7. The van der Waals surface area contributed by atoms with Crippen molar-refractivity contribution < 1.29 is 32.4 Å². The number of carbonyl (C=O) groups is 5. The summed E-state index contributed by atoms with van der Waals surface area (Å²) in [4.78, 5) is 68.5. The number of likely N-dealkylation sites (tertiary alicyclic amines) is 1. The van der Waals surface area contributed by atoms with E-state index in [0.717, 1.165) is 19.3 Å².